The van der Waals surface area contributed by atoms with Crippen LogP contribution in [-0.4, -0.2) is 13.2 Å². The number of hydrogen-bond donors (Lipinski definition) is 1. The highest BCUT2D eigenvalue weighted by Crippen LogP contribution is 2.28. The van der Waals surface area contributed by atoms with Gasteiger partial charge in [0.1, 0.15) is 0 Å². The molecule has 1 unspecified atom stereocenters. The molecule has 2 nitrogen and oxygen atoms in total. The molecule has 0 amide bonds. The minimum atomic E-state index is -0.858. The van der Waals surface area contributed by atoms with Crippen molar-refractivity contribution in [3.63, 3.8) is 0 Å². The predicted molar refractivity (Wildman–Crippen MR) is 52.3 cm³/mol. The van der Waals surface area contributed by atoms with E-state index in [4.69, 9.17) is 10.5 Å². The van der Waals surface area contributed by atoms with E-state index in [1.807, 2.05) is 0 Å². The largest absolute Gasteiger partial charge is 0.379 e. The minimum Gasteiger partial charge on any atom is -0.379 e. The van der Waals surface area contributed by atoms with Crippen molar-refractivity contribution in [2.75, 3.05) is 13.2 Å². The molecule has 2 rings (SSSR count). The molecule has 0 aromatic heterocycles. The normalized spacial score (nSPS) is 26.6. The average molecular weight is 213 g/mol. The Morgan fingerprint density at radius 2 is 2.07 bits per heavy atom. The second-order valence-corrected chi connectivity index (χ2v) is 3.94. The molecular formula is C11H13F2NO. The van der Waals surface area contributed by atoms with Gasteiger partial charge in [0.05, 0.1) is 12.1 Å². The van der Waals surface area contributed by atoms with E-state index >= 15 is 0 Å². The van der Waals surface area contributed by atoms with Crippen LogP contribution in [0.3, 0.4) is 0 Å². The van der Waals surface area contributed by atoms with Gasteiger partial charge in [-0.1, -0.05) is 6.07 Å². The van der Waals surface area contributed by atoms with Crippen molar-refractivity contribution in [2.45, 2.75) is 18.4 Å². The number of benzene rings is 1. The summed E-state index contributed by atoms with van der Waals surface area (Å²) in [5, 5.41) is 0. The van der Waals surface area contributed by atoms with Gasteiger partial charge in [0.15, 0.2) is 11.6 Å². The fourth-order valence-corrected chi connectivity index (χ4v) is 1.85. The van der Waals surface area contributed by atoms with Crippen molar-refractivity contribution in [3.8, 4) is 0 Å². The molecule has 1 aliphatic heterocycles. The van der Waals surface area contributed by atoms with E-state index in [9.17, 15) is 8.78 Å². The van der Waals surface area contributed by atoms with E-state index in [0.29, 0.717) is 18.8 Å². The zero-order valence-electron chi connectivity index (χ0n) is 8.30. The van der Waals surface area contributed by atoms with E-state index in [2.05, 4.69) is 0 Å². The fourth-order valence-electron chi connectivity index (χ4n) is 1.85. The Bertz CT molecular complexity index is 362. The maximum absolute atomic E-state index is 13.0. The van der Waals surface area contributed by atoms with Crippen molar-refractivity contribution < 1.29 is 13.5 Å². The molecule has 1 atom stereocenters. The van der Waals surface area contributed by atoms with E-state index in [0.717, 1.165) is 25.0 Å². The molecule has 0 spiro atoms. The molecular weight excluding hydrogens is 200 g/mol. The van der Waals surface area contributed by atoms with Crippen molar-refractivity contribution in [1.82, 2.24) is 0 Å². The van der Waals surface area contributed by atoms with Gasteiger partial charge in [0.2, 0.25) is 0 Å². The van der Waals surface area contributed by atoms with Crippen LogP contribution in [0.1, 0.15) is 18.4 Å². The van der Waals surface area contributed by atoms with Crippen LogP contribution in [0.5, 0.6) is 0 Å². The Morgan fingerprint density at radius 1 is 1.27 bits per heavy atom. The molecule has 4 heteroatoms. The first-order chi connectivity index (χ1) is 7.12. The first-order valence-electron chi connectivity index (χ1n) is 4.94. The third-order valence-electron chi connectivity index (χ3n) is 2.77. The summed E-state index contributed by atoms with van der Waals surface area (Å²) in [4.78, 5) is 0. The molecule has 1 aromatic carbocycles. The molecule has 1 fully saturated rings. The zero-order valence-corrected chi connectivity index (χ0v) is 8.30. The molecule has 0 bridgehead atoms. The Balaban J connectivity index is 2.31. The molecule has 0 saturated carbocycles. The van der Waals surface area contributed by atoms with Crippen LogP contribution in [0.25, 0.3) is 0 Å². The number of halogens is 2. The fraction of sp³-hybridized carbons (Fsp3) is 0.455. The van der Waals surface area contributed by atoms with E-state index in [1.165, 1.54) is 6.07 Å². The summed E-state index contributed by atoms with van der Waals surface area (Å²) in [5.41, 5.74) is 6.01. The Labute approximate surface area is 87.0 Å². The van der Waals surface area contributed by atoms with Gasteiger partial charge >= 0.3 is 0 Å². The van der Waals surface area contributed by atoms with E-state index in [-0.39, 0.29) is 0 Å². The predicted octanol–water partition coefficient (Wildman–Crippen LogP) is 1.93. The molecule has 0 radical (unpaired) electrons. The molecule has 1 heterocycles. The summed E-state index contributed by atoms with van der Waals surface area (Å²) >= 11 is 0. The van der Waals surface area contributed by atoms with Crippen LogP contribution in [0.15, 0.2) is 18.2 Å². The van der Waals surface area contributed by atoms with Crippen LogP contribution < -0.4 is 5.73 Å². The van der Waals surface area contributed by atoms with Crippen LogP contribution >= 0.6 is 0 Å². The van der Waals surface area contributed by atoms with Gasteiger partial charge in [-0.2, -0.15) is 0 Å². The molecule has 1 aromatic rings. The number of rotatable bonds is 1. The Morgan fingerprint density at radius 3 is 2.67 bits per heavy atom. The SMILES string of the molecule is NC1(c2ccc(F)c(F)c2)CCCOC1. The van der Waals surface area contributed by atoms with Gasteiger partial charge in [-0.05, 0) is 30.5 Å². The Kier molecular flexibility index (Phi) is 2.71. The van der Waals surface area contributed by atoms with Gasteiger partial charge in [-0.15, -0.1) is 0 Å². The monoisotopic (exact) mass is 213 g/mol. The standard InChI is InChI=1S/C11H13F2NO/c12-9-3-2-8(6-10(9)13)11(14)4-1-5-15-7-11/h2-3,6H,1,4-5,7,14H2. The van der Waals surface area contributed by atoms with Crippen LogP contribution in [0.2, 0.25) is 0 Å². The highest BCUT2D eigenvalue weighted by atomic mass is 19.2. The summed E-state index contributed by atoms with van der Waals surface area (Å²) in [6, 6.07) is 3.78. The quantitative estimate of drug-likeness (QED) is 0.773. The zero-order chi connectivity index (χ0) is 10.9. The lowest BCUT2D eigenvalue weighted by Crippen LogP contribution is -2.44. The maximum atomic E-state index is 13.0. The summed E-state index contributed by atoms with van der Waals surface area (Å²) < 4.78 is 31.0. The van der Waals surface area contributed by atoms with Crippen molar-refractivity contribution in [1.29, 1.82) is 0 Å². The lowest BCUT2D eigenvalue weighted by Gasteiger charge is -2.33. The third kappa shape index (κ3) is 2.01. The molecule has 0 aliphatic carbocycles. The van der Waals surface area contributed by atoms with Gasteiger partial charge in [0, 0.05) is 6.61 Å². The molecule has 15 heavy (non-hydrogen) atoms. The highest BCUT2D eigenvalue weighted by Gasteiger charge is 2.30. The lowest BCUT2D eigenvalue weighted by molar-refractivity contribution is 0.0365. The Hall–Kier alpha value is -1.00. The average Bonchev–Trinajstić information content (AvgIpc) is 2.23. The van der Waals surface area contributed by atoms with E-state index in [1.54, 1.807) is 0 Å². The van der Waals surface area contributed by atoms with Crippen molar-refractivity contribution >= 4 is 0 Å². The van der Waals surface area contributed by atoms with Gasteiger partial charge in [-0.3, -0.25) is 0 Å². The molecule has 1 aliphatic rings. The summed E-state index contributed by atoms with van der Waals surface area (Å²) in [7, 11) is 0. The van der Waals surface area contributed by atoms with Crippen LogP contribution in [0, 0.1) is 11.6 Å². The molecule has 82 valence electrons. The molecule has 2 N–H and O–H groups in total. The summed E-state index contributed by atoms with van der Waals surface area (Å²) in [5.74, 6) is -1.71. The molecule has 1 saturated heterocycles. The minimum absolute atomic E-state index is 0.359. The number of hydrogen-bond acceptors (Lipinski definition) is 2. The third-order valence-corrected chi connectivity index (χ3v) is 2.77. The topological polar surface area (TPSA) is 35.2 Å². The van der Waals surface area contributed by atoms with Gasteiger partial charge in [-0.25, -0.2) is 8.78 Å². The number of nitrogens with two attached hydrogens (primary N) is 1. The van der Waals surface area contributed by atoms with E-state index < -0.39 is 17.2 Å². The lowest BCUT2D eigenvalue weighted by atomic mass is 9.86. The van der Waals surface area contributed by atoms with Crippen LogP contribution in [0.4, 0.5) is 8.78 Å². The second-order valence-electron chi connectivity index (χ2n) is 3.94. The summed E-state index contributed by atoms with van der Waals surface area (Å²) in [6.45, 7) is 1.04. The summed E-state index contributed by atoms with van der Waals surface area (Å²) in [6.07, 6.45) is 1.58. The van der Waals surface area contributed by atoms with Gasteiger partial charge < -0.3 is 10.5 Å². The first-order valence-corrected chi connectivity index (χ1v) is 4.94. The van der Waals surface area contributed by atoms with Crippen molar-refractivity contribution in [2.24, 2.45) is 5.73 Å². The highest BCUT2D eigenvalue weighted by molar-refractivity contribution is 5.26. The van der Waals surface area contributed by atoms with Gasteiger partial charge in [0.25, 0.3) is 0 Å². The van der Waals surface area contributed by atoms with Crippen LogP contribution in [-0.2, 0) is 10.3 Å². The smallest absolute Gasteiger partial charge is 0.159 e. The number of ether oxygens (including phenoxy) is 1. The first kappa shape index (κ1) is 10.5. The second kappa shape index (κ2) is 3.87. The maximum Gasteiger partial charge on any atom is 0.159 e. The van der Waals surface area contributed by atoms with Crippen molar-refractivity contribution in [3.05, 3.63) is 35.4 Å².